The summed E-state index contributed by atoms with van der Waals surface area (Å²) in [6.45, 7) is 6.02. The molecule has 4 rings (SSSR count). The summed E-state index contributed by atoms with van der Waals surface area (Å²) >= 11 is 0. The fourth-order valence-electron chi connectivity index (χ4n) is 3.09. The van der Waals surface area contributed by atoms with Crippen LogP contribution in [0.15, 0.2) is 12.4 Å². The minimum absolute atomic E-state index is 0.708. The Kier molecular flexibility index (Phi) is 2.88. The largest absolute Gasteiger partial charge is 0.330 e. The van der Waals surface area contributed by atoms with Crippen LogP contribution in [-0.4, -0.2) is 25.9 Å². The van der Waals surface area contributed by atoms with Crippen molar-refractivity contribution in [2.75, 3.05) is 6.54 Å². The summed E-state index contributed by atoms with van der Waals surface area (Å²) in [5.74, 6) is 2.03. The summed E-state index contributed by atoms with van der Waals surface area (Å²) in [5, 5.41) is 7.81. The number of rotatable bonds is 4. The Hall–Kier alpha value is -1.62. The lowest BCUT2D eigenvalue weighted by atomic mass is 10.2. The van der Waals surface area contributed by atoms with E-state index in [1.807, 2.05) is 10.9 Å². The second-order valence-electron chi connectivity index (χ2n) is 6.00. The van der Waals surface area contributed by atoms with Crippen LogP contribution >= 0.6 is 0 Å². The van der Waals surface area contributed by atoms with E-state index in [1.54, 1.807) is 0 Å². The first-order chi connectivity index (χ1) is 9.81. The van der Waals surface area contributed by atoms with Crippen molar-refractivity contribution >= 4 is 0 Å². The van der Waals surface area contributed by atoms with E-state index < -0.39 is 0 Å². The molecule has 0 saturated heterocycles. The third kappa shape index (κ3) is 2.16. The fourth-order valence-corrected chi connectivity index (χ4v) is 3.09. The Balaban J connectivity index is 1.60. The second kappa shape index (κ2) is 4.74. The summed E-state index contributed by atoms with van der Waals surface area (Å²) in [4.78, 5) is 4.90. The maximum Gasteiger partial charge on any atom is 0.112 e. The van der Waals surface area contributed by atoms with Gasteiger partial charge < -0.3 is 9.88 Å². The number of nitrogens with one attached hydrogen (secondary N) is 1. The lowest BCUT2D eigenvalue weighted by Gasteiger charge is -2.16. The highest BCUT2D eigenvalue weighted by Crippen LogP contribution is 2.40. The molecule has 0 radical (unpaired) electrons. The molecule has 3 heterocycles. The van der Waals surface area contributed by atoms with Crippen molar-refractivity contribution in [2.45, 2.75) is 51.7 Å². The molecule has 0 amide bonds. The molecular formula is C15H21N5. The Bertz CT molecular complexity index is 620. The van der Waals surface area contributed by atoms with E-state index in [4.69, 9.17) is 4.98 Å². The van der Waals surface area contributed by atoms with Crippen LogP contribution in [0.5, 0.6) is 0 Å². The van der Waals surface area contributed by atoms with Gasteiger partial charge in [0.05, 0.1) is 18.4 Å². The highest BCUT2D eigenvalue weighted by Gasteiger charge is 2.31. The SMILES string of the molecule is Cc1cnn(CCn2c(C3CC3)nc3c2CCNC3)c1. The molecule has 1 fully saturated rings. The number of imidazole rings is 1. The standard InChI is InChI=1S/C15H21N5/c1-11-8-17-19(10-11)6-7-20-14-4-5-16-9-13(14)18-15(20)12-2-3-12/h8,10,12,16H,2-7,9H2,1H3. The minimum Gasteiger partial charge on any atom is -0.330 e. The first-order valence-electron chi connectivity index (χ1n) is 7.59. The zero-order chi connectivity index (χ0) is 13.5. The smallest absolute Gasteiger partial charge is 0.112 e. The summed E-state index contributed by atoms with van der Waals surface area (Å²) in [5.41, 5.74) is 3.95. The van der Waals surface area contributed by atoms with Gasteiger partial charge in [0.2, 0.25) is 0 Å². The van der Waals surface area contributed by atoms with Crippen molar-refractivity contribution in [3.8, 4) is 0 Å². The van der Waals surface area contributed by atoms with Gasteiger partial charge in [-0.05, 0) is 25.3 Å². The van der Waals surface area contributed by atoms with Gasteiger partial charge in [-0.1, -0.05) is 0 Å². The molecule has 1 N–H and O–H groups in total. The normalized spacial score (nSPS) is 18.2. The maximum atomic E-state index is 4.90. The van der Waals surface area contributed by atoms with Crippen LogP contribution in [0.3, 0.4) is 0 Å². The van der Waals surface area contributed by atoms with Gasteiger partial charge in [0, 0.05) is 43.9 Å². The van der Waals surface area contributed by atoms with Gasteiger partial charge >= 0.3 is 0 Å². The third-order valence-electron chi connectivity index (χ3n) is 4.27. The van der Waals surface area contributed by atoms with Crippen LogP contribution in [0.2, 0.25) is 0 Å². The molecule has 2 aromatic rings. The van der Waals surface area contributed by atoms with E-state index in [1.165, 1.54) is 35.6 Å². The number of aryl methyl sites for hydroxylation is 2. The lowest BCUT2D eigenvalue weighted by Crippen LogP contribution is -2.25. The molecule has 0 atom stereocenters. The van der Waals surface area contributed by atoms with Gasteiger partial charge in [0.15, 0.2) is 0 Å². The molecule has 0 aromatic carbocycles. The van der Waals surface area contributed by atoms with Gasteiger partial charge in [0.25, 0.3) is 0 Å². The molecule has 20 heavy (non-hydrogen) atoms. The van der Waals surface area contributed by atoms with E-state index in [2.05, 4.69) is 28.1 Å². The Morgan fingerprint density at radius 1 is 1.35 bits per heavy atom. The van der Waals surface area contributed by atoms with E-state index in [0.29, 0.717) is 5.92 Å². The zero-order valence-electron chi connectivity index (χ0n) is 12.0. The second-order valence-corrected chi connectivity index (χ2v) is 6.00. The third-order valence-corrected chi connectivity index (χ3v) is 4.27. The van der Waals surface area contributed by atoms with Gasteiger partial charge in [-0.3, -0.25) is 4.68 Å². The first-order valence-corrected chi connectivity index (χ1v) is 7.59. The Labute approximate surface area is 119 Å². The van der Waals surface area contributed by atoms with Crippen LogP contribution in [0.1, 0.15) is 41.5 Å². The number of aromatic nitrogens is 4. The molecule has 1 aliphatic heterocycles. The van der Waals surface area contributed by atoms with Crippen LogP contribution in [0.4, 0.5) is 0 Å². The van der Waals surface area contributed by atoms with Crippen LogP contribution in [0, 0.1) is 6.92 Å². The summed E-state index contributed by atoms with van der Waals surface area (Å²) in [6, 6.07) is 0. The van der Waals surface area contributed by atoms with Gasteiger partial charge in [0.1, 0.15) is 5.82 Å². The molecule has 0 bridgehead atoms. The highest BCUT2D eigenvalue weighted by atomic mass is 15.3. The van der Waals surface area contributed by atoms with E-state index in [9.17, 15) is 0 Å². The molecule has 5 heteroatoms. The maximum absolute atomic E-state index is 4.90. The van der Waals surface area contributed by atoms with Gasteiger partial charge in [-0.25, -0.2) is 4.98 Å². The first kappa shape index (κ1) is 12.1. The summed E-state index contributed by atoms with van der Waals surface area (Å²) < 4.78 is 4.52. The van der Waals surface area contributed by atoms with Crippen LogP contribution in [0.25, 0.3) is 0 Å². The molecule has 2 aromatic heterocycles. The number of nitrogens with zero attached hydrogens (tertiary/aromatic N) is 4. The molecule has 1 saturated carbocycles. The fraction of sp³-hybridized carbons (Fsp3) is 0.600. The quantitative estimate of drug-likeness (QED) is 0.919. The topological polar surface area (TPSA) is 47.7 Å². The molecule has 5 nitrogen and oxygen atoms in total. The highest BCUT2D eigenvalue weighted by molar-refractivity contribution is 5.24. The van der Waals surface area contributed by atoms with E-state index in [-0.39, 0.29) is 0 Å². The Morgan fingerprint density at radius 3 is 3.00 bits per heavy atom. The van der Waals surface area contributed by atoms with Gasteiger partial charge in [-0.2, -0.15) is 5.10 Å². The number of hydrogen-bond acceptors (Lipinski definition) is 3. The predicted molar refractivity (Wildman–Crippen MR) is 76.6 cm³/mol. The van der Waals surface area contributed by atoms with Gasteiger partial charge in [-0.15, -0.1) is 0 Å². The van der Waals surface area contributed by atoms with Crippen molar-refractivity contribution in [1.82, 2.24) is 24.6 Å². The number of fused-ring (bicyclic) bond motifs is 1. The molecular weight excluding hydrogens is 250 g/mol. The molecule has 2 aliphatic rings. The zero-order valence-corrected chi connectivity index (χ0v) is 12.0. The predicted octanol–water partition coefficient (Wildman–Crippen LogP) is 1.61. The van der Waals surface area contributed by atoms with Crippen molar-refractivity contribution in [3.63, 3.8) is 0 Å². The average Bonchev–Trinajstić information content (AvgIpc) is 3.12. The summed E-state index contributed by atoms with van der Waals surface area (Å²) in [7, 11) is 0. The monoisotopic (exact) mass is 271 g/mol. The van der Waals surface area contributed by atoms with Crippen molar-refractivity contribution in [2.24, 2.45) is 0 Å². The molecule has 0 unspecified atom stereocenters. The Morgan fingerprint density at radius 2 is 2.25 bits per heavy atom. The van der Waals surface area contributed by atoms with Crippen molar-refractivity contribution in [3.05, 3.63) is 35.2 Å². The molecule has 106 valence electrons. The van der Waals surface area contributed by atoms with Crippen molar-refractivity contribution in [1.29, 1.82) is 0 Å². The molecule has 0 spiro atoms. The average molecular weight is 271 g/mol. The lowest BCUT2D eigenvalue weighted by molar-refractivity contribution is 0.500. The van der Waals surface area contributed by atoms with Crippen molar-refractivity contribution < 1.29 is 0 Å². The van der Waals surface area contributed by atoms with E-state index in [0.717, 1.165) is 32.6 Å². The molecule has 1 aliphatic carbocycles. The van der Waals surface area contributed by atoms with Crippen LogP contribution in [-0.2, 0) is 26.1 Å². The van der Waals surface area contributed by atoms with E-state index >= 15 is 0 Å². The van der Waals surface area contributed by atoms with Crippen LogP contribution < -0.4 is 5.32 Å². The number of hydrogen-bond donors (Lipinski definition) is 1. The summed E-state index contributed by atoms with van der Waals surface area (Å²) in [6.07, 6.45) is 7.76. The minimum atomic E-state index is 0.708.